The summed E-state index contributed by atoms with van der Waals surface area (Å²) in [5.41, 5.74) is 0. The van der Waals surface area contributed by atoms with Crippen LogP contribution in [0.1, 0.15) is 5.82 Å². The molecule has 70 valence electrons. The van der Waals surface area contributed by atoms with E-state index in [4.69, 9.17) is 0 Å². The minimum atomic E-state index is -0.141. The number of hydrogen-bond donors (Lipinski definition) is 1. The fourth-order valence-corrected chi connectivity index (χ4v) is 1.01. The maximum Gasteiger partial charge on any atom is 0.243 e. The number of rotatable bonds is 4. The zero-order valence-corrected chi connectivity index (χ0v) is 7.66. The molecule has 1 aromatic heterocycles. The zero-order chi connectivity index (χ0) is 9.68. The van der Waals surface area contributed by atoms with Gasteiger partial charge in [0.1, 0.15) is 5.82 Å². The van der Waals surface area contributed by atoms with E-state index in [1.54, 1.807) is 6.20 Å². The van der Waals surface area contributed by atoms with Crippen LogP contribution in [0.3, 0.4) is 0 Å². The molecule has 0 spiro atoms. The molecule has 1 aromatic rings. The van der Waals surface area contributed by atoms with E-state index in [2.05, 4.69) is 16.9 Å². The highest BCUT2D eigenvalue weighted by Crippen LogP contribution is 1.93. The molecule has 0 saturated carbocycles. The number of aromatic nitrogens is 2. The summed E-state index contributed by atoms with van der Waals surface area (Å²) in [6, 6.07) is 0. The molecular weight excluding hydrogens is 166 g/mol. The molecule has 0 unspecified atom stereocenters. The molecule has 0 radical (unpaired) electrons. The molecule has 0 fully saturated rings. The molecule has 0 aliphatic rings. The van der Waals surface area contributed by atoms with E-state index in [1.165, 1.54) is 6.08 Å². The van der Waals surface area contributed by atoms with E-state index in [9.17, 15) is 4.79 Å². The Morgan fingerprint density at radius 1 is 1.85 bits per heavy atom. The van der Waals surface area contributed by atoms with Crippen molar-refractivity contribution >= 4 is 5.91 Å². The molecule has 1 heterocycles. The lowest BCUT2D eigenvalue weighted by atomic mass is 10.5. The van der Waals surface area contributed by atoms with Crippen LogP contribution in [0.2, 0.25) is 0 Å². The third-order valence-electron chi connectivity index (χ3n) is 1.76. The van der Waals surface area contributed by atoms with Crippen LogP contribution in [0, 0.1) is 6.92 Å². The number of nitrogens with zero attached hydrogens (tertiary/aromatic N) is 2. The van der Waals surface area contributed by atoms with Gasteiger partial charge in [0.15, 0.2) is 0 Å². The van der Waals surface area contributed by atoms with Gasteiger partial charge in [-0.15, -0.1) is 0 Å². The molecule has 0 bridgehead atoms. The van der Waals surface area contributed by atoms with Gasteiger partial charge in [0.25, 0.3) is 0 Å². The van der Waals surface area contributed by atoms with Crippen molar-refractivity contribution in [1.29, 1.82) is 0 Å². The van der Waals surface area contributed by atoms with Crippen LogP contribution in [0.5, 0.6) is 0 Å². The topological polar surface area (TPSA) is 46.9 Å². The Hall–Kier alpha value is -1.58. The van der Waals surface area contributed by atoms with Gasteiger partial charge < -0.3 is 9.88 Å². The van der Waals surface area contributed by atoms with E-state index in [-0.39, 0.29) is 5.91 Å². The summed E-state index contributed by atoms with van der Waals surface area (Å²) >= 11 is 0. The number of aryl methyl sites for hydroxylation is 1. The lowest BCUT2D eigenvalue weighted by Crippen LogP contribution is -2.25. The molecule has 13 heavy (non-hydrogen) atoms. The quantitative estimate of drug-likeness (QED) is 0.684. The van der Waals surface area contributed by atoms with Gasteiger partial charge in [0.05, 0.1) is 0 Å². The van der Waals surface area contributed by atoms with Gasteiger partial charge in [-0.1, -0.05) is 6.58 Å². The van der Waals surface area contributed by atoms with E-state index >= 15 is 0 Å². The number of carbonyl (C=O) groups excluding carboxylic acids is 1. The first-order chi connectivity index (χ1) is 6.24. The fraction of sp³-hybridized carbons (Fsp3) is 0.333. The summed E-state index contributed by atoms with van der Waals surface area (Å²) in [6.07, 6.45) is 4.89. The lowest BCUT2D eigenvalue weighted by Gasteiger charge is -2.04. The fourth-order valence-electron chi connectivity index (χ4n) is 1.01. The Balaban J connectivity index is 2.32. The Bertz CT molecular complexity index is 304. The second kappa shape index (κ2) is 4.45. The van der Waals surface area contributed by atoms with Crippen LogP contribution < -0.4 is 5.32 Å². The van der Waals surface area contributed by atoms with E-state index in [0.29, 0.717) is 6.54 Å². The van der Waals surface area contributed by atoms with E-state index in [0.717, 1.165) is 12.4 Å². The van der Waals surface area contributed by atoms with Crippen molar-refractivity contribution < 1.29 is 4.79 Å². The van der Waals surface area contributed by atoms with Crippen LogP contribution in [0.15, 0.2) is 25.0 Å². The molecule has 0 atom stereocenters. The largest absolute Gasteiger partial charge is 0.351 e. The van der Waals surface area contributed by atoms with E-state index in [1.807, 2.05) is 17.7 Å². The molecule has 0 aromatic carbocycles. The van der Waals surface area contributed by atoms with Gasteiger partial charge >= 0.3 is 0 Å². The highest BCUT2D eigenvalue weighted by molar-refractivity contribution is 5.86. The number of amides is 1. The number of hydrogen-bond acceptors (Lipinski definition) is 2. The van der Waals surface area contributed by atoms with Gasteiger partial charge in [0, 0.05) is 25.5 Å². The molecule has 0 aliphatic heterocycles. The van der Waals surface area contributed by atoms with Crippen molar-refractivity contribution in [3.8, 4) is 0 Å². The van der Waals surface area contributed by atoms with Crippen molar-refractivity contribution in [2.75, 3.05) is 6.54 Å². The molecule has 1 rings (SSSR count). The minimum Gasteiger partial charge on any atom is -0.351 e. The second-order valence-corrected chi connectivity index (χ2v) is 2.66. The first kappa shape index (κ1) is 9.51. The molecular formula is C9H13N3O. The van der Waals surface area contributed by atoms with Crippen molar-refractivity contribution in [2.24, 2.45) is 0 Å². The summed E-state index contributed by atoms with van der Waals surface area (Å²) in [4.78, 5) is 14.8. The minimum absolute atomic E-state index is 0.141. The first-order valence-electron chi connectivity index (χ1n) is 4.12. The van der Waals surface area contributed by atoms with Crippen molar-refractivity contribution in [3.05, 3.63) is 30.9 Å². The number of nitrogens with one attached hydrogen (secondary N) is 1. The average molecular weight is 179 g/mol. The molecule has 1 amide bonds. The molecule has 4 nitrogen and oxygen atoms in total. The van der Waals surface area contributed by atoms with Crippen molar-refractivity contribution in [3.63, 3.8) is 0 Å². The number of imidazole rings is 1. The summed E-state index contributed by atoms with van der Waals surface area (Å²) in [5, 5.41) is 2.69. The zero-order valence-electron chi connectivity index (χ0n) is 7.66. The third-order valence-corrected chi connectivity index (χ3v) is 1.76. The summed E-state index contributed by atoms with van der Waals surface area (Å²) < 4.78 is 1.98. The smallest absolute Gasteiger partial charge is 0.243 e. The SMILES string of the molecule is C=CC(=O)NCCn1ccnc1C. The predicted molar refractivity (Wildman–Crippen MR) is 50.2 cm³/mol. The maximum atomic E-state index is 10.8. The maximum absolute atomic E-state index is 10.8. The highest BCUT2D eigenvalue weighted by Gasteiger charge is 1.96. The van der Waals surface area contributed by atoms with Crippen LogP contribution in [0.4, 0.5) is 0 Å². The lowest BCUT2D eigenvalue weighted by molar-refractivity contribution is -0.116. The van der Waals surface area contributed by atoms with Crippen molar-refractivity contribution in [1.82, 2.24) is 14.9 Å². The Morgan fingerprint density at radius 2 is 2.62 bits per heavy atom. The van der Waals surface area contributed by atoms with Gasteiger partial charge in [-0.2, -0.15) is 0 Å². The standard InChI is InChI=1S/C9H13N3O/c1-3-9(13)11-5-7-12-6-4-10-8(12)2/h3-4,6H,1,5,7H2,2H3,(H,11,13). The summed E-state index contributed by atoms with van der Waals surface area (Å²) in [5.74, 6) is 0.811. The molecule has 0 saturated heterocycles. The summed E-state index contributed by atoms with van der Waals surface area (Å²) in [6.45, 7) is 6.63. The Kier molecular flexibility index (Phi) is 3.25. The van der Waals surface area contributed by atoms with Gasteiger partial charge in [-0.3, -0.25) is 4.79 Å². The van der Waals surface area contributed by atoms with Gasteiger partial charge in [0.2, 0.25) is 5.91 Å². The predicted octanol–water partition coefficient (Wildman–Crippen LogP) is 0.494. The van der Waals surface area contributed by atoms with Crippen LogP contribution in [0.25, 0.3) is 0 Å². The average Bonchev–Trinajstić information content (AvgIpc) is 2.52. The van der Waals surface area contributed by atoms with Gasteiger partial charge in [-0.05, 0) is 13.0 Å². The Morgan fingerprint density at radius 3 is 3.15 bits per heavy atom. The van der Waals surface area contributed by atoms with Gasteiger partial charge in [-0.25, -0.2) is 4.98 Å². The molecule has 1 N–H and O–H groups in total. The van der Waals surface area contributed by atoms with E-state index < -0.39 is 0 Å². The van der Waals surface area contributed by atoms with Crippen LogP contribution in [-0.2, 0) is 11.3 Å². The summed E-state index contributed by atoms with van der Waals surface area (Å²) in [7, 11) is 0. The second-order valence-electron chi connectivity index (χ2n) is 2.66. The van der Waals surface area contributed by atoms with Crippen LogP contribution in [-0.4, -0.2) is 22.0 Å². The first-order valence-corrected chi connectivity index (χ1v) is 4.12. The molecule has 0 aliphatic carbocycles. The highest BCUT2D eigenvalue weighted by atomic mass is 16.1. The monoisotopic (exact) mass is 179 g/mol. The van der Waals surface area contributed by atoms with Crippen molar-refractivity contribution in [2.45, 2.75) is 13.5 Å². The molecule has 4 heteroatoms. The third kappa shape index (κ3) is 2.74. The number of carbonyl (C=O) groups is 1. The Labute approximate surface area is 77.3 Å². The normalized spacial score (nSPS) is 9.62. The van der Waals surface area contributed by atoms with Crippen LogP contribution >= 0.6 is 0 Å².